The number of benzene rings is 2. The Hall–Kier alpha value is -1.65. The van der Waals surface area contributed by atoms with Crippen molar-refractivity contribution in [2.24, 2.45) is 5.92 Å². The summed E-state index contributed by atoms with van der Waals surface area (Å²) in [5.74, 6) is 3.07. The lowest BCUT2D eigenvalue weighted by molar-refractivity contribution is 0.215. The smallest absolute Gasteiger partial charge is 0.261 e. The molecule has 0 bridgehead atoms. The lowest BCUT2D eigenvalue weighted by Gasteiger charge is -2.44. The van der Waals surface area contributed by atoms with Gasteiger partial charge in [0.25, 0.3) is 8.32 Å². The minimum absolute atomic E-state index is 0.0586. The fourth-order valence-corrected chi connectivity index (χ4v) is 9.76. The van der Waals surface area contributed by atoms with Crippen molar-refractivity contribution in [3.63, 3.8) is 0 Å². The second-order valence-corrected chi connectivity index (χ2v) is 19.7. The Morgan fingerprint density at radius 2 is 1.35 bits per heavy atom. The first-order chi connectivity index (χ1) is 14.3. The summed E-state index contributed by atoms with van der Waals surface area (Å²) in [4.78, 5) is 10.8. The molecule has 0 saturated carbocycles. The van der Waals surface area contributed by atoms with Crippen LogP contribution in [0.25, 0.3) is 0 Å². The lowest BCUT2D eigenvalue weighted by atomic mass is 9.94. The van der Waals surface area contributed by atoms with Crippen molar-refractivity contribution >= 4 is 27.0 Å². The highest BCUT2D eigenvalue weighted by atomic mass is 28.4. The van der Waals surface area contributed by atoms with E-state index in [1.165, 1.54) is 10.4 Å². The van der Waals surface area contributed by atoms with Crippen molar-refractivity contribution in [2.75, 3.05) is 6.61 Å². The maximum absolute atomic E-state index is 10.8. The van der Waals surface area contributed by atoms with Crippen LogP contribution in [0.2, 0.25) is 23.2 Å². The molecule has 0 heterocycles. The van der Waals surface area contributed by atoms with Gasteiger partial charge in [0.1, 0.15) is 0 Å². The molecule has 1 N–H and O–H groups in total. The highest BCUT2D eigenvalue weighted by molar-refractivity contribution is 6.99. The molecular weight excluding hydrogens is 412 g/mol. The van der Waals surface area contributed by atoms with Gasteiger partial charge in [-0.3, -0.25) is 0 Å². The molecule has 0 aliphatic rings. The Balaban J connectivity index is 2.49. The first kappa shape index (κ1) is 25.6. The first-order valence-corrected chi connectivity index (χ1v) is 16.1. The topological polar surface area (TPSA) is 29.5 Å². The summed E-state index contributed by atoms with van der Waals surface area (Å²) in [6, 6.07) is 21.4. The van der Waals surface area contributed by atoms with Crippen LogP contribution in [-0.4, -0.2) is 28.0 Å². The van der Waals surface area contributed by atoms with E-state index in [-0.39, 0.29) is 16.0 Å². The Labute approximate surface area is 192 Å². The van der Waals surface area contributed by atoms with Crippen molar-refractivity contribution < 1.29 is 9.22 Å². The van der Waals surface area contributed by atoms with Crippen molar-refractivity contribution in [2.45, 2.75) is 70.6 Å². The maximum atomic E-state index is 10.8. The van der Waals surface area contributed by atoms with E-state index in [9.17, 15) is 4.80 Å². The molecule has 168 valence electrons. The minimum atomic E-state index is -2.58. The van der Waals surface area contributed by atoms with Crippen molar-refractivity contribution in [3.8, 4) is 12.3 Å². The third-order valence-corrected chi connectivity index (χ3v) is 15.3. The van der Waals surface area contributed by atoms with Gasteiger partial charge in [-0.1, -0.05) is 95.3 Å². The zero-order chi connectivity index (χ0) is 23.3. The van der Waals surface area contributed by atoms with Crippen LogP contribution in [0.5, 0.6) is 0 Å². The molecule has 1 atom stereocenters. The van der Waals surface area contributed by atoms with Crippen molar-refractivity contribution in [1.82, 2.24) is 0 Å². The van der Waals surface area contributed by atoms with Gasteiger partial charge in [-0.2, -0.15) is 0 Å². The van der Waals surface area contributed by atoms with Crippen LogP contribution in [0, 0.1) is 18.3 Å². The van der Waals surface area contributed by atoms with Crippen LogP contribution in [0.4, 0.5) is 0 Å². The van der Waals surface area contributed by atoms with Crippen molar-refractivity contribution in [3.05, 3.63) is 60.7 Å². The van der Waals surface area contributed by atoms with Crippen LogP contribution in [-0.2, 0) is 4.43 Å². The molecule has 31 heavy (non-hydrogen) atoms. The summed E-state index contributed by atoms with van der Waals surface area (Å²) in [6.07, 6.45) is 7.28. The van der Waals surface area contributed by atoms with Gasteiger partial charge >= 0.3 is 0 Å². The number of hydrogen-bond acceptors (Lipinski definition) is 2. The monoisotopic (exact) mass is 452 g/mol. The van der Waals surface area contributed by atoms with Gasteiger partial charge in [0.2, 0.25) is 0 Å². The molecular formula is C27H40O2Si2. The highest BCUT2D eigenvalue weighted by Gasteiger charge is 2.50. The average molecular weight is 453 g/mol. The van der Waals surface area contributed by atoms with E-state index in [4.69, 9.17) is 10.8 Å². The lowest BCUT2D eigenvalue weighted by Crippen LogP contribution is -2.67. The first-order valence-electron chi connectivity index (χ1n) is 11.3. The van der Waals surface area contributed by atoms with E-state index in [1.807, 2.05) is 13.1 Å². The average Bonchev–Trinajstić information content (AvgIpc) is 2.68. The van der Waals surface area contributed by atoms with E-state index >= 15 is 0 Å². The molecule has 2 nitrogen and oxygen atoms in total. The summed E-state index contributed by atoms with van der Waals surface area (Å²) in [5, 5.41) is 2.37. The number of terminal acetylenes is 1. The predicted molar refractivity (Wildman–Crippen MR) is 139 cm³/mol. The normalized spacial score (nSPS) is 14.2. The van der Waals surface area contributed by atoms with E-state index < -0.39 is 16.6 Å². The Kier molecular flexibility index (Phi) is 8.16. The Bertz CT molecular complexity index is 817. The molecule has 0 unspecified atom stereocenters. The zero-order valence-electron chi connectivity index (χ0n) is 20.4. The third kappa shape index (κ3) is 5.78. The van der Waals surface area contributed by atoms with E-state index in [0.29, 0.717) is 13.0 Å². The van der Waals surface area contributed by atoms with Crippen LogP contribution >= 0.6 is 0 Å². The number of rotatable bonds is 9. The fraction of sp³-hybridized carbons (Fsp3) is 0.481. The maximum Gasteiger partial charge on any atom is 0.261 e. The zero-order valence-corrected chi connectivity index (χ0v) is 22.4. The molecule has 0 amide bonds. The molecule has 0 fully saturated rings. The van der Waals surface area contributed by atoms with E-state index in [0.717, 1.165) is 6.42 Å². The third-order valence-electron chi connectivity index (χ3n) is 6.81. The molecule has 0 spiro atoms. The van der Waals surface area contributed by atoms with Gasteiger partial charge in [0.15, 0.2) is 8.32 Å². The molecule has 4 heteroatoms. The molecule has 2 aromatic rings. The minimum Gasteiger partial charge on any atom is -0.432 e. The SMILES string of the molecule is C#CC[C@@H](CO[Si](c1ccccc1)(c1ccccc1)C(C)(C)C)CC(C)(C)[Si](C)(C)O. The van der Waals surface area contributed by atoms with Crippen LogP contribution in [0.15, 0.2) is 60.7 Å². The summed E-state index contributed by atoms with van der Waals surface area (Å²) < 4.78 is 7.12. The van der Waals surface area contributed by atoms with Gasteiger partial charge in [0, 0.05) is 13.0 Å². The van der Waals surface area contributed by atoms with Crippen LogP contribution in [0.3, 0.4) is 0 Å². The van der Waals surface area contributed by atoms with Gasteiger partial charge in [-0.25, -0.2) is 0 Å². The van der Waals surface area contributed by atoms with Gasteiger partial charge in [-0.15, -0.1) is 12.3 Å². The van der Waals surface area contributed by atoms with Crippen molar-refractivity contribution in [1.29, 1.82) is 0 Å². The molecule has 0 aromatic heterocycles. The molecule has 2 aromatic carbocycles. The Morgan fingerprint density at radius 3 is 1.71 bits per heavy atom. The summed E-state index contributed by atoms with van der Waals surface area (Å²) in [6.45, 7) is 15.9. The summed E-state index contributed by atoms with van der Waals surface area (Å²) >= 11 is 0. The van der Waals surface area contributed by atoms with Gasteiger partial charge in [0.05, 0.1) is 0 Å². The second-order valence-electron chi connectivity index (χ2n) is 10.9. The standard InChI is InChI=1S/C27H40O2Si2/c1-9-16-23(21-27(5,6)30(7,8)28)22-29-31(26(2,3)4,24-17-12-10-13-18-24)25-19-14-11-15-20-25/h1,10-15,17-20,23,28H,16,21-22H2,2-8H3/t23-/m1/s1. The molecule has 0 aliphatic heterocycles. The summed E-state index contributed by atoms with van der Waals surface area (Å²) in [5.41, 5.74) is 0. The predicted octanol–water partition coefficient (Wildman–Crippen LogP) is 5.57. The molecule has 0 radical (unpaired) electrons. The van der Waals surface area contributed by atoms with Crippen LogP contribution in [0.1, 0.15) is 47.5 Å². The second kappa shape index (κ2) is 9.87. The molecule has 0 aliphatic carbocycles. The molecule has 2 rings (SSSR count). The quantitative estimate of drug-likeness (QED) is 0.398. The van der Waals surface area contributed by atoms with E-state index in [1.54, 1.807) is 0 Å². The van der Waals surface area contributed by atoms with Gasteiger partial charge in [-0.05, 0) is 45.9 Å². The van der Waals surface area contributed by atoms with E-state index in [2.05, 4.69) is 101 Å². The number of hydrogen-bond donors (Lipinski definition) is 1. The summed E-state index contributed by atoms with van der Waals surface area (Å²) in [7, 11) is -4.91. The largest absolute Gasteiger partial charge is 0.432 e. The van der Waals surface area contributed by atoms with Gasteiger partial charge < -0.3 is 9.22 Å². The Morgan fingerprint density at radius 1 is 0.903 bits per heavy atom. The molecule has 0 saturated heterocycles. The fourth-order valence-electron chi connectivity index (χ4n) is 4.33. The highest BCUT2D eigenvalue weighted by Crippen LogP contribution is 2.43. The van der Waals surface area contributed by atoms with Crippen LogP contribution < -0.4 is 10.4 Å².